The molecule has 1 aliphatic heterocycles. The summed E-state index contributed by atoms with van der Waals surface area (Å²) in [5.41, 5.74) is 0.708. The minimum Gasteiger partial charge on any atom is -0.494 e. The molecule has 228 valence electrons. The highest BCUT2D eigenvalue weighted by molar-refractivity contribution is 9.10. The van der Waals surface area contributed by atoms with Crippen LogP contribution in [-0.4, -0.2) is 35.7 Å². The van der Waals surface area contributed by atoms with Crippen molar-refractivity contribution in [3.63, 3.8) is 0 Å². The Morgan fingerprint density at radius 1 is 0.977 bits per heavy atom. The molecule has 4 aromatic carbocycles. The first-order chi connectivity index (χ1) is 21.2. The van der Waals surface area contributed by atoms with Crippen molar-refractivity contribution in [1.29, 1.82) is 0 Å². The zero-order chi connectivity index (χ0) is 31.3. The molecule has 1 aliphatic rings. The number of carbonyl (C=O) groups is 1. The molecule has 0 bridgehead atoms. The maximum atomic E-state index is 14.3. The van der Waals surface area contributed by atoms with Crippen LogP contribution in [0, 0.1) is 11.6 Å². The van der Waals surface area contributed by atoms with Crippen molar-refractivity contribution in [2.75, 3.05) is 13.2 Å². The van der Waals surface area contributed by atoms with Crippen LogP contribution in [0.1, 0.15) is 34.8 Å². The Morgan fingerprint density at radius 3 is 2.39 bits per heavy atom. The van der Waals surface area contributed by atoms with E-state index in [1.807, 2.05) is 24.3 Å². The van der Waals surface area contributed by atoms with E-state index >= 15 is 0 Å². The number of ether oxygens (including phenoxy) is 2. The molecule has 4 aromatic rings. The third-order valence-corrected chi connectivity index (χ3v) is 8.19. The van der Waals surface area contributed by atoms with Crippen LogP contribution in [0.5, 0.6) is 5.75 Å². The Morgan fingerprint density at radius 2 is 1.70 bits per heavy atom. The number of aliphatic hydroxyl groups is 1. The minimum absolute atomic E-state index is 0.0238. The number of hydrogen-bond donors (Lipinski definition) is 2. The fourth-order valence-electron chi connectivity index (χ4n) is 4.87. The zero-order valence-electron chi connectivity index (χ0n) is 23.2. The van der Waals surface area contributed by atoms with Crippen molar-refractivity contribution in [2.24, 2.45) is 4.99 Å². The Hall–Kier alpha value is -3.50. The van der Waals surface area contributed by atoms with Gasteiger partial charge in [-0.15, -0.1) is 0 Å². The number of hydrogen-bond acceptors (Lipinski definition) is 5. The van der Waals surface area contributed by atoms with E-state index in [4.69, 9.17) is 42.8 Å². The number of aliphatic hydroxyl groups excluding tert-OH is 1. The van der Waals surface area contributed by atoms with Crippen molar-refractivity contribution >= 4 is 50.9 Å². The second-order valence-electron chi connectivity index (χ2n) is 10.2. The second kappa shape index (κ2) is 14.1. The van der Waals surface area contributed by atoms with Gasteiger partial charge in [-0.3, -0.25) is 4.79 Å². The average Bonchev–Trinajstić information content (AvgIpc) is 3.39. The van der Waals surface area contributed by atoms with E-state index < -0.39 is 29.2 Å². The first kappa shape index (κ1) is 31.9. The van der Waals surface area contributed by atoms with E-state index in [0.717, 1.165) is 22.2 Å². The maximum Gasteiger partial charge on any atom is 0.252 e. The van der Waals surface area contributed by atoms with Gasteiger partial charge < -0.3 is 19.9 Å². The van der Waals surface area contributed by atoms with Crippen LogP contribution in [0.3, 0.4) is 0 Å². The minimum atomic E-state index is -1.56. The quantitative estimate of drug-likeness (QED) is 0.158. The fraction of sp³-hybridized carbons (Fsp3) is 0.212. The van der Waals surface area contributed by atoms with Crippen molar-refractivity contribution in [2.45, 2.75) is 31.0 Å². The van der Waals surface area contributed by atoms with Crippen LogP contribution in [0.2, 0.25) is 10.0 Å². The molecule has 44 heavy (non-hydrogen) atoms. The standard InChI is InChI=1S/C33H27BrCl2F2N2O4/c34-23-7-2-20(3-8-23)18-33(32(42)39-19-21-4-13-28(37)29(38)16-21)30(26-12-9-24(35)17-27(26)36)44-31(40-33)22-5-10-25(11-6-22)43-15-1-14-41/h2-13,16-17,30,41H,1,14-15,18-19H2,(H,39,42)/t30-,33-/m1/s1. The summed E-state index contributed by atoms with van der Waals surface area (Å²) in [6.45, 7) is 0.304. The lowest BCUT2D eigenvalue weighted by Gasteiger charge is -2.31. The average molecular weight is 704 g/mol. The van der Waals surface area contributed by atoms with Crippen LogP contribution in [-0.2, 0) is 22.5 Å². The lowest BCUT2D eigenvalue weighted by atomic mass is 9.82. The van der Waals surface area contributed by atoms with E-state index in [2.05, 4.69) is 21.2 Å². The molecular weight excluding hydrogens is 677 g/mol. The van der Waals surface area contributed by atoms with Gasteiger partial charge >= 0.3 is 0 Å². The molecule has 0 fully saturated rings. The van der Waals surface area contributed by atoms with E-state index in [1.165, 1.54) is 6.07 Å². The van der Waals surface area contributed by atoms with E-state index in [-0.39, 0.29) is 25.5 Å². The SMILES string of the molecule is O=C(NCc1ccc(F)c(F)c1)[C@]1(Cc2ccc(Br)cc2)N=C(c2ccc(OCCCO)cc2)O[C@@H]1c1ccc(Cl)cc1Cl. The highest BCUT2D eigenvalue weighted by Crippen LogP contribution is 2.45. The number of halogens is 5. The van der Waals surface area contributed by atoms with Crippen molar-refractivity contribution in [1.82, 2.24) is 5.32 Å². The van der Waals surface area contributed by atoms with Crippen molar-refractivity contribution < 1.29 is 28.2 Å². The number of amides is 1. The molecule has 6 nitrogen and oxygen atoms in total. The Labute approximate surface area is 271 Å². The normalized spacial score (nSPS) is 17.6. The molecule has 0 spiro atoms. The molecule has 2 N–H and O–H groups in total. The Bertz CT molecular complexity index is 1670. The molecule has 1 heterocycles. The van der Waals surface area contributed by atoms with Gasteiger partial charge in [-0.25, -0.2) is 13.8 Å². The van der Waals surface area contributed by atoms with Gasteiger partial charge in [0.25, 0.3) is 5.91 Å². The smallest absolute Gasteiger partial charge is 0.252 e. The third-order valence-electron chi connectivity index (χ3n) is 7.10. The summed E-state index contributed by atoms with van der Waals surface area (Å²) >= 11 is 16.3. The molecule has 11 heteroatoms. The van der Waals surface area contributed by atoms with Gasteiger partial charge in [-0.1, -0.05) is 63.4 Å². The second-order valence-corrected chi connectivity index (χ2v) is 11.9. The summed E-state index contributed by atoms with van der Waals surface area (Å²) in [4.78, 5) is 19.3. The summed E-state index contributed by atoms with van der Waals surface area (Å²) in [6, 6.07) is 22.9. The molecule has 5 rings (SSSR count). The number of rotatable bonds is 11. The molecular formula is C33H27BrCl2F2N2O4. The maximum absolute atomic E-state index is 14.3. The summed E-state index contributed by atoms with van der Waals surface area (Å²) < 4.78 is 40.5. The lowest BCUT2D eigenvalue weighted by Crippen LogP contribution is -2.49. The number of benzene rings is 4. The lowest BCUT2D eigenvalue weighted by molar-refractivity contribution is -0.129. The van der Waals surface area contributed by atoms with Gasteiger partial charge in [0, 0.05) is 51.6 Å². The number of nitrogens with zero attached hydrogens (tertiary/aromatic N) is 1. The molecule has 0 aromatic heterocycles. The predicted octanol–water partition coefficient (Wildman–Crippen LogP) is 7.61. The number of carbonyl (C=O) groups excluding carboxylic acids is 1. The largest absolute Gasteiger partial charge is 0.494 e. The molecule has 0 aliphatic carbocycles. The molecule has 0 radical (unpaired) electrons. The van der Waals surface area contributed by atoms with E-state index in [0.29, 0.717) is 45.5 Å². The van der Waals surface area contributed by atoms with Crippen molar-refractivity contribution in [3.05, 3.63) is 133 Å². The first-order valence-corrected chi connectivity index (χ1v) is 15.3. The van der Waals surface area contributed by atoms with Gasteiger partial charge in [0.15, 0.2) is 23.3 Å². The summed E-state index contributed by atoms with van der Waals surface area (Å²) in [5.74, 6) is -1.68. The predicted molar refractivity (Wildman–Crippen MR) is 169 cm³/mol. The van der Waals surface area contributed by atoms with E-state index in [9.17, 15) is 13.6 Å². The Balaban J connectivity index is 1.57. The molecule has 0 unspecified atom stereocenters. The van der Waals surface area contributed by atoms with Gasteiger partial charge in [0.05, 0.1) is 6.61 Å². The van der Waals surface area contributed by atoms with Gasteiger partial charge in [0.1, 0.15) is 5.75 Å². The summed E-state index contributed by atoms with van der Waals surface area (Å²) in [6.07, 6.45) is -0.352. The molecule has 2 atom stereocenters. The van der Waals surface area contributed by atoms with Crippen LogP contribution in [0.15, 0.2) is 94.4 Å². The monoisotopic (exact) mass is 702 g/mol. The molecule has 0 saturated carbocycles. The van der Waals surface area contributed by atoms with Crippen LogP contribution >= 0.6 is 39.1 Å². The number of nitrogens with one attached hydrogen (secondary N) is 1. The number of aliphatic imine (C=N–C) groups is 1. The van der Waals surface area contributed by atoms with Crippen LogP contribution in [0.4, 0.5) is 8.78 Å². The molecule has 0 saturated heterocycles. The van der Waals surface area contributed by atoms with Gasteiger partial charge in [0.2, 0.25) is 5.90 Å². The van der Waals surface area contributed by atoms with Gasteiger partial charge in [-0.2, -0.15) is 0 Å². The van der Waals surface area contributed by atoms with Crippen LogP contribution < -0.4 is 10.1 Å². The highest BCUT2D eigenvalue weighted by atomic mass is 79.9. The topological polar surface area (TPSA) is 80.2 Å². The van der Waals surface area contributed by atoms with Crippen molar-refractivity contribution in [3.8, 4) is 5.75 Å². The summed E-state index contributed by atoms with van der Waals surface area (Å²) in [7, 11) is 0. The van der Waals surface area contributed by atoms with Gasteiger partial charge in [-0.05, 0) is 71.8 Å². The van der Waals surface area contributed by atoms with Crippen LogP contribution in [0.25, 0.3) is 0 Å². The first-order valence-electron chi connectivity index (χ1n) is 13.7. The third kappa shape index (κ3) is 7.24. The zero-order valence-corrected chi connectivity index (χ0v) is 26.3. The highest BCUT2D eigenvalue weighted by Gasteiger charge is 2.53. The Kier molecular flexibility index (Phi) is 10.2. The summed E-state index contributed by atoms with van der Waals surface area (Å²) in [5, 5.41) is 12.6. The molecule has 1 amide bonds. The van der Waals surface area contributed by atoms with E-state index in [1.54, 1.807) is 42.5 Å². The fourth-order valence-corrected chi connectivity index (χ4v) is 5.64.